The average molecular weight is 158 g/mol. The van der Waals surface area contributed by atoms with Crippen molar-refractivity contribution in [2.75, 3.05) is 13.2 Å². The van der Waals surface area contributed by atoms with Crippen LogP contribution in [-0.2, 0) is 4.74 Å². The third kappa shape index (κ3) is 86.5. The Bertz CT molecular complexity index is 60.7. The first-order valence-electron chi connectivity index (χ1n) is 2.62. The molecule has 0 aromatic carbocycles. The number of rotatable bonds is 2. The van der Waals surface area contributed by atoms with Gasteiger partial charge in [-0.1, -0.05) is 0 Å². The molecule has 1 N–H and O–H groups in total. The summed E-state index contributed by atoms with van der Waals surface area (Å²) in [6, 6.07) is 0. The summed E-state index contributed by atoms with van der Waals surface area (Å²) in [5.41, 5.74) is 0. The van der Waals surface area contributed by atoms with Crippen molar-refractivity contribution in [1.82, 2.24) is 0 Å². The number of carbonyl (C=O) groups is 1. The summed E-state index contributed by atoms with van der Waals surface area (Å²) in [6.45, 7) is 5.67. The minimum absolute atomic E-state index is 0. The van der Waals surface area contributed by atoms with Gasteiger partial charge in [-0.2, -0.15) is 0 Å². The van der Waals surface area contributed by atoms with Gasteiger partial charge in [0.15, 0.2) is 0 Å². The molecule has 0 aromatic heterocycles. The van der Waals surface area contributed by atoms with E-state index in [0.29, 0.717) is 0 Å². The molecule has 0 heterocycles. The second-order valence-corrected chi connectivity index (χ2v) is 1.05. The molecule has 0 spiro atoms. The van der Waals surface area contributed by atoms with E-state index in [1.165, 1.54) is 0 Å². The van der Waals surface area contributed by atoms with Crippen LogP contribution in [-0.4, -0.2) is 24.5 Å². The molecule has 0 fully saturated rings. The van der Waals surface area contributed by atoms with Crippen LogP contribution in [0.4, 0.5) is 4.79 Å². The van der Waals surface area contributed by atoms with Crippen molar-refractivity contribution >= 4 is 6.16 Å². The van der Waals surface area contributed by atoms with E-state index in [9.17, 15) is 0 Å². The van der Waals surface area contributed by atoms with Crippen molar-refractivity contribution in [2.24, 2.45) is 0 Å². The van der Waals surface area contributed by atoms with Crippen molar-refractivity contribution in [1.29, 1.82) is 0 Å². The van der Waals surface area contributed by atoms with Gasteiger partial charge >= 0.3 is 29.6 Å². The molecule has 0 amide bonds. The normalized spacial score (nSPS) is 6.60. The Hall–Kier alpha value is 0.230. The van der Waals surface area contributed by atoms with E-state index in [4.69, 9.17) is 19.7 Å². The number of carboxylic acid groups (broad SMARTS) is 2. The summed E-state index contributed by atoms with van der Waals surface area (Å²) in [5.74, 6) is 0. The molecule has 0 saturated carbocycles. The van der Waals surface area contributed by atoms with Gasteiger partial charge < -0.3 is 19.7 Å². The van der Waals surface area contributed by atoms with Gasteiger partial charge in [-0.3, -0.25) is 0 Å². The zero-order valence-corrected chi connectivity index (χ0v) is 8.59. The predicted molar refractivity (Wildman–Crippen MR) is 30.2 cm³/mol. The second-order valence-electron chi connectivity index (χ2n) is 1.05. The number of hydrogen-bond donors (Lipinski definition) is 1. The van der Waals surface area contributed by atoms with Gasteiger partial charge in [0.1, 0.15) is 0 Å². The van der Waals surface area contributed by atoms with Crippen molar-refractivity contribution in [3.05, 3.63) is 0 Å². The number of ether oxygens (including phenoxy) is 1. The molecule has 10 heavy (non-hydrogen) atoms. The molecular formula is C5H11NaO4. The maximum Gasteiger partial charge on any atom is 1.00 e. The van der Waals surface area contributed by atoms with Gasteiger partial charge in [0.2, 0.25) is 6.16 Å². The predicted octanol–water partition coefficient (Wildman–Crippen LogP) is -3.07. The van der Waals surface area contributed by atoms with E-state index < -0.39 is 6.16 Å². The van der Waals surface area contributed by atoms with E-state index in [2.05, 4.69) is 0 Å². The molecule has 0 saturated heterocycles. The Kier molecular flexibility index (Phi) is 26.9. The van der Waals surface area contributed by atoms with Crippen LogP contribution < -0.4 is 34.7 Å². The maximum absolute atomic E-state index is 8.44. The van der Waals surface area contributed by atoms with Crippen molar-refractivity contribution < 1.29 is 49.3 Å². The van der Waals surface area contributed by atoms with Gasteiger partial charge in [-0.25, -0.2) is 0 Å². The molecule has 0 aromatic rings. The van der Waals surface area contributed by atoms with Gasteiger partial charge in [-0.05, 0) is 13.8 Å². The van der Waals surface area contributed by atoms with Crippen LogP contribution in [0.2, 0.25) is 0 Å². The minimum Gasteiger partial charge on any atom is -0.565 e. The minimum atomic E-state index is -2.08. The van der Waals surface area contributed by atoms with Crippen LogP contribution in [0.5, 0.6) is 0 Å². The molecule has 0 aliphatic carbocycles. The summed E-state index contributed by atoms with van der Waals surface area (Å²) in [7, 11) is 0. The van der Waals surface area contributed by atoms with Gasteiger partial charge in [0.05, 0.1) is 0 Å². The van der Waals surface area contributed by atoms with Gasteiger partial charge in [0.25, 0.3) is 0 Å². The molecule has 0 bridgehead atoms. The fourth-order valence-corrected chi connectivity index (χ4v) is 0.204. The van der Waals surface area contributed by atoms with Crippen LogP contribution in [0.15, 0.2) is 0 Å². The monoisotopic (exact) mass is 158 g/mol. The van der Waals surface area contributed by atoms with Gasteiger partial charge in [0, 0.05) is 13.2 Å². The summed E-state index contributed by atoms with van der Waals surface area (Å²) < 4.78 is 4.83. The molecular weight excluding hydrogens is 147 g/mol. The Labute approximate surface area is 82.5 Å². The number of hydrogen-bond acceptors (Lipinski definition) is 3. The first-order valence-corrected chi connectivity index (χ1v) is 2.62. The molecule has 0 aliphatic heterocycles. The third-order valence-corrected chi connectivity index (χ3v) is 0.408. The van der Waals surface area contributed by atoms with E-state index in [1.54, 1.807) is 0 Å². The quantitative estimate of drug-likeness (QED) is 0.433. The van der Waals surface area contributed by atoms with Crippen LogP contribution in [0.25, 0.3) is 0 Å². The SMILES string of the molecule is CCOCC.O=C([O-])O.[Na+]. The van der Waals surface area contributed by atoms with E-state index >= 15 is 0 Å². The first kappa shape index (κ1) is 16.7. The summed E-state index contributed by atoms with van der Waals surface area (Å²) in [5, 5.41) is 15.3. The zero-order chi connectivity index (χ0) is 7.70. The third-order valence-electron chi connectivity index (χ3n) is 0.408. The second kappa shape index (κ2) is 16.1. The topological polar surface area (TPSA) is 69.6 Å². The molecule has 0 aliphatic rings. The van der Waals surface area contributed by atoms with Crippen molar-refractivity contribution in [2.45, 2.75) is 13.8 Å². The Morgan fingerprint density at radius 1 is 1.50 bits per heavy atom. The largest absolute Gasteiger partial charge is 1.00 e. The summed E-state index contributed by atoms with van der Waals surface area (Å²) in [6.07, 6.45) is -2.08. The molecule has 56 valence electrons. The fourth-order valence-electron chi connectivity index (χ4n) is 0.204. The van der Waals surface area contributed by atoms with Gasteiger partial charge in [-0.15, -0.1) is 0 Å². The summed E-state index contributed by atoms with van der Waals surface area (Å²) in [4.78, 5) is 8.44. The van der Waals surface area contributed by atoms with Crippen LogP contribution in [0, 0.1) is 0 Å². The Morgan fingerprint density at radius 3 is 1.70 bits per heavy atom. The molecule has 0 rings (SSSR count). The average Bonchev–Trinajstić information content (AvgIpc) is 1.66. The Morgan fingerprint density at radius 2 is 1.70 bits per heavy atom. The van der Waals surface area contributed by atoms with Crippen LogP contribution >= 0.6 is 0 Å². The fraction of sp³-hybridized carbons (Fsp3) is 0.800. The molecule has 0 unspecified atom stereocenters. The van der Waals surface area contributed by atoms with Crippen molar-refractivity contribution in [3.63, 3.8) is 0 Å². The Balaban J connectivity index is -0.0000000910. The smallest absolute Gasteiger partial charge is 0.565 e. The van der Waals surface area contributed by atoms with E-state index in [-0.39, 0.29) is 29.6 Å². The molecule has 4 nitrogen and oxygen atoms in total. The van der Waals surface area contributed by atoms with Crippen LogP contribution in [0.1, 0.15) is 13.8 Å². The van der Waals surface area contributed by atoms with E-state index in [1.807, 2.05) is 13.8 Å². The molecule has 0 radical (unpaired) electrons. The zero-order valence-electron chi connectivity index (χ0n) is 6.59. The standard InChI is InChI=1S/C4H10O.CH2O3.Na/c1-3-5-4-2;2-1(3)4;/h3-4H2,1-2H3;(H2,2,3,4);/q;;+1/p-1. The van der Waals surface area contributed by atoms with Crippen molar-refractivity contribution in [3.8, 4) is 0 Å². The van der Waals surface area contributed by atoms with Crippen LogP contribution in [0.3, 0.4) is 0 Å². The summed E-state index contributed by atoms with van der Waals surface area (Å²) >= 11 is 0. The van der Waals surface area contributed by atoms with E-state index in [0.717, 1.165) is 13.2 Å². The maximum atomic E-state index is 8.44. The molecule has 0 atom stereocenters. The molecule has 5 heteroatoms. The first-order chi connectivity index (χ1) is 4.15.